The third-order valence-electron chi connectivity index (χ3n) is 4.25. The summed E-state index contributed by atoms with van der Waals surface area (Å²) in [5.74, 6) is -0.266. The van der Waals surface area contributed by atoms with Crippen molar-refractivity contribution in [1.29, 1.82) is 0 Å². The molecule has 3 amide bonds. The van der Waals surface area contributed by atoms with Gasteiger partial charge in [-0.25, -0.2) is 4.79 Å². The van der Waals surface area contributed by atoms with Gasteiger partial charge < -0.3 is 21.1 Å². The molecule has 4 N–H and O–H groups in total. The van der Waals surface area contributed by atoms with Crippen LogP contribution in [0.25, 0.3) is 0 Å². The second kappa shape index (κ2) is 9.27. The SMILES string of the molecule is CC(NC(N)=O)C(=O)NCc1cccc(COC2CCCCC2)c1. The number of nitrogens with two attached hydrogens (primary N) is 1. The van der Waals surface area contributed by atoms with E-state index in [0.717, 1.165) is 24.0 Å². The lowest BCUT2D eigenvalue weighted by molar-refractivity contribution is -0.122. The molecule has 1 aromatic carbocycles. The highest BCUT2D eigenvalue weighted by Crippen LogP contribution is 2.21. The van der Waals surface area contributed by atoms with E-state index in [9.17, 15) is 9.59 Å². The summed E-state index contributed by atoms with van der Waals surface area (Å²) < 4.78 is 5.98. The predicted octanol–water partition coefficient (Wildman–Crippen LogP) is 2.21. The van der Waals surface area contributed by atoms with Crippen LogP contribution in [-0.2, 0) is 22.7 Å². The summed E-state index contributed by atoms with van der Waals surface area (Å²) in [5, 5.41) is 5.14. The average molecular weight is 333 g/mol. The number of nitrogens with one attached hydrogen (secondary N) is 2. The topological polar surface area (TPSA) is 93.5 Å². The molecule has 0 radical (unpaired) electrons. The molecule has 0 aliphatic heterocycles. The Kier molecular flexibility index (Phi) is 7.06. The van der Waals surface area contributed by atoms with Gasteiger partial charge in [-0.3, -0.25) is 4.79 Å². The van der Waals surface area contributed by atoms with Crippen LogP contribution in [0.4, 0.5) is 4.79 Å². The van der Waals surface area contributed by atoms with Crippen LogP contribution in [0, 0.1) is 0 Å². The standard InChI is InChI=1S/C18H27N3O3/c1-13(21-18(19)23)17(22)20-11-14-6-5-7-15(10-14)12-24-16-8-3-2-4-9-16/h5-7,10,13,16H,2-4,8-9,11-12H2,1H3,(H,20,22)(H3,19,21,23). The number of amides is 3. The lowest BCUT2D eigenvalue weighted by Gasteiger charge is -2.22. The molecule has 0 aromatic heterocycles. The number of hydrogen-bond acceptors (Lipinski definition) is 3. The van der Waals surface area contributed by atoms with Crippen molar-refractivity contribution in [2.75, 3.05) is 0 Å². The largest absolute Gasteiger partial charge is 0.374 e. The van der Waals surface area contributed by atoms with Crippen LogP contribution >= 0.6 is 0 Å². The molecule has 0 bridgehead atoms. The molecule has 0 saturated heterocycles. The van der Waals surface area contributed by atoms with Crippen LogP contribution in [0.2, 0.25) is 0 Å². The van der Waals surface area contributed by atoms with Gasteiger partial charge in [0, 0.05) is 6.54 Å². The van der Waals surface area contributed by atoms with Gasteiger partial charge >= 0.3 is 6.03 Å². The quantitative estimate of drug-likeness (QED) is 0.714. The zero-order valence-electron chi connectivity index (χ0n) is 14.2. The van der Waals surface area contributed by atoms with E-state index in [0.29, 0.717) is 19.3 Å². The second-order valence-electron chi connectivity index (χ2n) is 6.34. The molecule has 1 aromatic rings. The Balaban J connectivity index is 1.79. The van der Waals surface area contributed by atoms with Gasteiger partial charge in [0.2, 0.25) is 5.91 Å². The lowest BCUT2D eigenvalue weighted by atomic mass is 9.98. The molecule has 6 nitrogen and oxygen atoms in total. The first-order chi connectivity index (χ1) is 11.5. The molecule has 1 aliphatic rings. The summed E-state index contributed by atoms with van der Waals surface area (Å²) in [6.07, 6.45) is 6.52. The fraction of sp³-hybridized carbons (Fsp3) is 0.556. The zero-order valence-corrected chi connectivity index (χ0v) is 14.2. The molecule has 1 saturated carbocycles. The number of benzene rings is 1. The van der Waals surface area contributed by atoms with Crippen LogP contribution in [-0.4, -0.2) is 24.1 Å². The molecule has 132 valence electrons. The molecule has 0 spiro atoms. The van der Waals surface area contributed by atoms with E-state index in [1.54, 1.807) is 6.92 Å². The van der Waals surface area contributed by atoms with Gasteiger partial charge in [0.05, 0.1) is 12.7 Å². The molecule has 1 unspecified atom stereocenters. The summed E-state index contributed by atoms with van der Waals surface area (Å²) >= 11 is 0. The minimum absolute atomic E-state index is 0.266. The first kappa shape index (κ1) is 18.3. The lowest BCUT2D eigenvalue weighted by Crippen LogP contribution is -2.46. The predicted molar refractivity (Wildman–Crippen MR) is 92.1 cm³/mol. The number of hydrogen-bond donors (Lipinski definition) is 3. The van der Waals surface area contributed by atoms with E-state index in [2.05, 4.69) is 10.6 Å². The van der Waals surface area contributed by atoms with Crippen molar-refractivity contribution in [2.45, 2.75) is 64.3 Å². The van der Waals surface area contributed by atoms with E-state index in [4.69, 9.17) is 10.5 Å². The van der Waals surface area contributed by atoms with E-state index in [1.165, 1.54) is 19.3 Å². The smallest absolute Gasteiger partial charge is 0.312 e. The third kappa shape index (κ3) is 6.20. The maximum absolute atomic E-state index is 11.9. The van der Waals surface area contributed by atoms with E-state index in [-0.39, 0.29) is 5.91 Å². The maximum Gasteiger partial charge on any atom is 0.312 e. The van der Waals surface area contributed by atoms with Crippen LogP contribution in [0.5, 0.6) is 0 Å². The Bertz CT molecular complexity index is 556. The van der Waals surface area contributed by atoms with E-state index < -0.39 is 12.1 Å². The highest BCUT2D eigenvalue weighted by Gasteiger charge is 2.14. The van der Waals surface area contributed by atoms with Crippen LogP contribution in [0.1, 0.15) is 50.2 Å². The summed E-state index contributed by atoms with van der Waals surface area (Å²) in [7, 11) is 0. The van der Waals surface area contributed by atoms with Crippen molar-refractivity contribution in [3.8, 4) is 0 Å². The van der Waals surface area contributed by atoms with Crippen molar-refractivity contribution < 1.29 is 14.3 Å². The van der Waals surface area contributed by atoms with Crippen LogP contribution < -0.4 is 16.4 Å². The summed E-state index contributed by atoms with van der Waals surface area (Å²) in [6.45, 7) is 2.60. The zero-order chi connectivity index (χ0) is 17.4. The monoisotopic (exact) mass is 333 g/mol. The minimum Gasteiger partial charge on any atom is -0.374 e. The normalized spacial score (nSPS) is 16.4. The third-order valence-corrected chi connectivity index (χ3v) is 4.25. The molecule has 6 heteroatoms. The molecule has 1 aliphatic carbocycles. The Morgan fingerprint density at radius 2 is 1.96 bits per heavy atom. The second-order valence-corrected chi connectivity index (χ2v) is 6.34. The van der Waals surface area contributed by atoms with Gasteiger partial charge in [-0.2, -0.15) is 0 Å². The van der Waals surface area contributed by atoms with Crippen LogP contribution in [0.3, 0.4) is 0 Å². The Hall–Kier alpha value is -2.08. The fourth-order valence-electron chi connectivity index (χ4n) is 2.90. The number of carbonyl (C=O) groups excluding carboxylic acids is 2. The first-order valence-electron chi connectivity index (χ1n) is 8.57. The molecule has 2 rings (SSSR count). The Labute approximate surface area is 143 Å². The minimum atomic E-state index is -0.709. The molecule has 24 heavy (non-hydrogen) atoms. The summed E-state index contributed by atoms with van der Waals surface area (Å²) in [4.78, 5) is 22.6. The Morgan fingerprint density at radius 3 is 2.67 bits per heavy atom. The van der Waals surface area contributed by atoms with Gasteiger partial charge in [0.25, 0.3) is 0 Å². The van der Waals surface area contributed by atoms with Crippen molar-refractivity contribution in [3.63, 3.8) is 0 Å². The number of rotatable bonds is 7. The van der Waals surface area contributed by atoms with Gasteiger partial charge in [-0.05, 0) is 30.9 Å². The maximum atomic E-state index is 11.9. The fourth-order valence-corrected chi connectivity index (χ4v) is 2.90. The van der Waals surface area contributed by atoms with E-state index >= 15 is 0 Å². The first-order valence-corrected chi connectivity index (χ1v) is 8.57. The molecule has 0 heterocycles. The number of urea groups is 1. The van der Waals surface area contributed by atoms with Crippen molar-refractivity contribution in [3.05, 3.63) is 35.4 Å². The van der Waals surface area contributed by atoms with Crippen LogP contribution in [0.15, 0.2) is 24.3 Å². The summed E-state index contributed by atoms with van der Waals surface area (Å²) in [5.41, 5.74) is 7.12. The molecule has 1 fully saturated rings. The number of primary amides is 1. The van der Waals surface area contributed by atoms with Gasteiger partial charge in [-0.1, -0.05) is 43.5 Å². The molecule has 1 atom stereocenters. The van der Waals surface area contributed by atoms with Crippen molar-refractivity contribution >= 4 is 11.9 Å². The van der Waals surface area contributed by atoms with Gasteiger partial charge in [-0.15, -0.1) is 0 Å². The summed E-state index contributed by atoms with van der Waals surface area (Å²) in [6, 6.07) is 6.63. The number of carbonyl (C=O) groups is 2. The van der Waals surface area contributed by atoms with Gasteiger partial charge in [0.1, 0.15) is 6.04 Å². The Morgan fingerprint density at radius 1 is 1.25 bits per heavy atom. The van der Waals surface area contributed by atoms with Gasteiger partial charge in [0.15, 0.2) is 0 Å². The molecular formula is C18H27N3O3. The average Bonchev–Trinajstić information content (AvgIpc) is 2.58. The highest BCUT2D eigenvalue weighted by atomic mass is 16.5. The highest BCUT2D eigenvalue weighted by molar-refractivity contribution is 5.86. The molecular weight excluding hydrogens is 306 g/mol. The number of ether oxygens (including phenoxy) is 1. The van der Waals surface area contributed by atoms with E-state index in [1.807, 2.05) is 24.3 Å². The van der Waals surface area contributed by atoms with Crippen molar-refractivity contribution in [2.24, 2.45) is 5.73 Å². The van der Waals surface area contributed by atoms with Crippen molar-refractivity contribution in [1.82, 2.24) is 10.6 Å².